The van der Waals surface area contributed by atoms with Gasteiger partial charge in [-0.15, -0.1) is 0 Å². The number of allylic oxidation sites excluding steroid dienone is 2. The van der Waals surface area contributed by atoms with Crippen molar-refractivity contribution in [3.05, 3.63) is 69.7 Å². The van der Waals surface area contributed by atoms with E-state index in [1.54, 1.807) is 23.1 Å². The molecule has 1 aromatic heterocycles. The highest BCUT2D eigenvalue weighted by Gasteiger charge is 2.26. The lowest BCUT2D eigenvalue weighted by Crippen LogP contribution is -2.36. The molecule has 180 valence electrons. The van der Waals surface area contributed by atoms with Gasteiger partial charge in [0.05, 0.1) is 20.8 Å². The molecule has 2 aromatic carbocycles. The highest BCUT2D eigenvalue weighted by atomic mass is 32.2. The van der Waals surface area contributed by atoms with E-state index in [9.17, 15) is 18.1 Å². The van der Waals surface area contributed by atoms with Gasteiger partial charge >= 0.3 is 0 Å². The molecule has 1 N–H and O–H groups in total. The number of aliphatic hydroxyl groups excluding tert-OH is 1. The zero-order chi connectivity index (χ0) is 24.3. The van der Waals surface area contributed by atoms with Gasteiger partial charge in [0.15, 0.2) is 6.54 Å². The molecule has 0 saturated carbocycles. The Morgan fingerprint density at radius 3 is 2.76 bits per heavy atom. The number of aryl methyl sites for hydroxylation is 1. The van der Waals surface area contributed by atoms with Crippen LogP contribution >= 0.6 is 23.1 Å². The number of thioether (sulfide) groups is 1. The van der Waals surface area contributed by atoms with Crippen LogP contribution in [0.25, 0.3) is 16.3 Å². The van der Waals surface area contributed by atoms with Crippen molar-refractivity contribution in [2.75, 3.05) is 23.8 Å². The number of thiazole rings is 1. The molecule has 4 rings (SSSR count). The fourth-order valence-electron chi connectivity index (χ4n) is 4.00. The molecule has 0 saturated heterocycles. The largest absolute Gasteiger partial charge is 0.748 e. The van der Waals surface area contributed by atoms with Crippen LogP contribution in [0, 0.1) is 6.92 Å². The van der Waals surface area contributed by atoms with Crippen molar-refractivity contribution < 1.29 is 22.6 Å². The second kappa shape index (κ2) is 10.6. The third kappa shape index (κ3) is 5.72. The van der Waals surface area contributed by atoms with Crippen LogP contribution in [0.1, 0.15) is 30.3 Å². The van der Waals surface area contributed by atoms with Gasteiger partial charge in [-0.2, -0.15) is 4.57 Å². The number of fused-ring (bicyclic) bond motifs is 2. The van der Waals surface area contributed by atoms with Crippen molar-refractivity contribution in [3.8, 4) is 0 Å². The van der Waals surface area contributed by atoms with Crippen molar-refractivity contribution in [1.29, 1.82) is 0 Å². The van der Waals surface area contributed by atoms with E-state index in [2.05, 4.69) is 58.9 Å². The topological polar surface area (TPSA) is 84.5 Å². The van der Waals surface area contributed by atoms with Gasteiger partial charge in [-0.05, 0) is 55.2 Å². The SMILES string of the molecule is CCC(=Cc1sc2ccccc2[n+]1CCO)C=C1Sc2ccc(C)cc2N1CCCS(=O)(=O)[O-]. The Labute approximate surface area is 209 Å². The summed E-state index contributed by atoms with van der Waals surface area (Å²) < 4.78 is 36.8. The molecule has 3 aromatic rings. The van der Waals surface area contributed by atoms with E-state index in [0.29, 0.717) is 13.1 Å². The molecule has 0 atom stereocenters. The fraction of sp³-hybridized carbons (Fsp3) is 0.320. The minimum atomic E-state index is -4.25. The van der Waals surface area contributed by atoms with E-state index in [-0.39, 0.29) is 18.8 Å². The summed E-state index contributed by atoms with van der Waals surface area (Å²) in [6.07, 6.45) is 5.41. The molecule has 0 amide bonds. The lowest BCUT2D eigenvalue weighted by atomic mass is 10.1. The molecule has 9 heteroatoms. The molecular formula is C25H28N2O4S3. The lowest BCUT2D eigenvalue weighted by molar-refractivity contribution is -0.670. The first-order valence-electron chi connectivity index (χ1n) is 11.2. The van der Waals surface area contributed by atoms with E-state index in [0.717, 1.165) is 43.7 Å². The minimum absolute atomic E-state index is 0.0652. The second-order valence-electron chi connectivity index (χ2n) is 8.18. The second-order valence-corrected chi connectivity index (χ2v) is 11.8. The van der Waals surface area contributed by atoms with Crippen molar-refractivity contribution in [3.63, 3.8) is 0 Å². The molecule has 0 fully saturated rings. The van der Waals surface area contributed by atoms with E-state index < -0.39 is 10.1 Å². The van der Waals surface area contributed by atoms with Gasteiger partial charge in [0.1, 0.15) is 11.3 Å². The number of hydrogen-bond acceptors (Lipinski definition) is 7. The molecule has 0 spiro atoms. The number of rotatable bonds is 9. The summed E-state index contributed by atoms with van der Waals surface area (Å²) in [6.45, 7) is 5.19. The molecule has 6 nitrogen and oxygen atoms in total. The molecule has 0 unspecified atom stereocenters. The summed E-state index contributed by atoms with van der Waals surface area (Å²) in [5.41, 5.74) is 4.41. The zero-order valence-corrected chi connectivity index (χ0v) is 21.7. The van der Waals surface area contributed by atoms with Gasteiger partial charge in [0, 0.05) is 29.3 Å². The summed E-state index contributed by atoms with van der Waals surface area (Å²) in [5.74, 6) is -0.373. The Morgan fingerprint density at radius 2 is 2.03 bits per heavy atom. The fourth-order valence-corrected chi connectivity index (χ4v) is 6.80. The predicted octanol–water partition coefficient (Wildman–Crippen LogP) is 4.67. The van der Waals surface area contributed by atoms with Crippen LogP contribution < -0.4 is 9.47 Å². The summed E-state index contributed by atoms with van der Waals surface area (Å²) in [4.78, 5) is 3.24. The third-order valence-corrected chi connectivity index (χ3v) is 8.66. The Hall–Kier alpha value is -2.17. The quantitative estimate of drug-likeness (QED) is 0.329. The highest BCUT2D eigenvalue weighted by Crippen LogP contribution is 2.47. The third-order valence-electron chi connectivity index (χ3n) is 5.65. The Morgan fingerprint density at radius 1 is 1.24 bits per heavy atom. The monoisotopic (exact) mass is 516 g/mol. The Balaban J connectivity index is 1.70. The molecule has 1 aliphatic heterocycles. The van der Waals surface area contributed by atoms with Crippen LogP contribution in [0.15, 0.2) is 64.0 Å². The molecule has 1 aliphatic rings. The maximum Gasteiger partial charge on any atom is 0.263 e. The summed E-state index contributed by atoms with van der Waals surface area (Å²) >= 11 is 3.36. The minimum Gasteiger partial charge on any atom is -0.748 e. The Kier molecular flexibility index (Phi) is 7.79. The van der Waals surface area contributed by atoms with Crippen molar-refractivity contribution >= 4 is 55.2 Å². The maximum absolute atomic E-state index is 11.2. The normalized spacial score (nSPS) is 15.5. The number of nitrogens with zero attached hydrogens (tertiary/aromatic N) is 2. The molecule has 34 heavy (non-hydrogen) atoms. The van der Waals surface area contributed by atoms with Crippen LogP contribution in [-0.4, -0.2) is 37.0 Å². The summed E-state index contributed by atoms with van der Waals surface area (Å²) in [6, 6.07) is 14.4. The number of hydrogen-bond donors (Lipinski definition) is 1. The number of anilines is 1. The van der Waals surface area contributed by atoms with Crippen LogP contribution in [0.3, 0.4) is 0 Å². The number of aliphatic hydroxyl groups is 1. The lowest BCUT2D eigenvalue weighted by Gasteiger charge is -2.21. The van der Waals surface area contributed by atoms with E-state index in [1.165, 1.54) is 4.70 Å². The first-order valence-corrected chi connectivity index (χ1v) is 14.4. The van der Waals surface area contributed by atoms with E-state index in [4.69, 9.17) is 0 Å². The van der Waals surface area contributed by atoms with Gasteiger partial charge in [0.2, 0.25) is 5.52 Å². The van der Waals surface area contributed by atoms with Crippen LogP contribution in [0.5, 0.6) is 0 Å². The zero-order valence-electron chi connectivity index (χ0n) is 19.2. The van der Waals surface area contributed by atoms with Gasteiger partial charge in [-0.25, -0.2) is 8.42 Å². The Bertz CT molecular complexity index is 1360. The van der Waals surface area contributed by atoms with Crippen molar-refractivity contribution in [2.45, 2.75) is 38.1 Å². The standard InChI is InChI=1S/C25H28N2O4S3/c1-3-19(17-25-27(12-13-28)20-7-4-5-8-22(20)32-25)16-24-26(11-6-14-34(29,30)31)21-15-18(2)9-10-23(21)33-24/h4-5,7-10,15-17,28H,3,6,11-14H2,1-2H3. The number of benzene rings is 2. The summed E-state index contributed by atoms with van der Waals surface area (Å²) in [5, 5.41) is 11.7. The van der Waals surface area contributed by atoms with Gasteiger partial charge in [0.25, 0.3) is 5.01 Å². The van der Waals surface area contributed by atoms with Gasteiger partial charge < -0.3 is 14.6 Å². The number of para-hydroxylation sites is 1. The van der Waals surface area contributed by atoms with Crippen LogP contribution in [0.4, 0.5) is 5.69 Å². The number of aromatic nitrogens is 1. The highest BCUT2D eigenvalue weighted by molar-refractivity contribution is 8.03. The first kappa shape index (κ1) is 24.9. The van der Waals surface area contributed by atoms with E-state index in [1.807, 2.05) is 19.1 Å². The maximum atomic E-state index is 11.2. The molecule has 2 heterocycles. The van der Waals surface area contributed by atoms with Crippen LogP contribution in [-0.2, 0) is 16.7 Å². The molecule has 0 aliphatic carbocycles. The smallest absolute Gasteiger partial charge is 0.263 e. The average Bonchev–Trinajstić information content (AvgIpc) is 3.30. The molecule has 0 radical (unpaired) electrons. The first-order chi connectivity index (χ1) is 16.3. The van der Waals surface area contributed by atoms with Crippen LogP contribution in [0.2, 0.25) is 0 Å². The van der Waals surface area contributed by atoms with E-state index >= 15 is 0 Å². The van der Waals surface area contributed by atoms with Crippen molar-refractivity contribution in [2.24, 2.45) is 0 Å². The van der Waals surface area contributed by atoms with Crippen molar-refractivity contribution in [1.82, 2.24) is 0 Å². The average molecular weight is 517 g/mol. The van der Waals surface area contributed by atoms with Gasteiger partial charge in [-0.1, -0.05) is 48.2 Å². The predicted molar refractivity (Wildman–Crippen MR) is 139 cm³/mol. The molecule has 0 bridgehead atoms. The summed E-state index contributed by atoms with van der Waals surface area (Å²) in [7, 11) is -4.25. The van der Waals surface area contributed by atoms with Gasteiger partial charge in [-0.3, -0.25) is 0 Å². The molecular weight excluding hydrogens is 488 g/mol.